The maximum absolute atomic E-state index is 12.4. The fourth-order valence-electron chi connectivity index (χ4n) is 3.41. The number of anilines is 1. The quantitative estimate of drug-likeness (QED) is 0.921. The van der Waals surface area contributed by atoms with E-state index in [4.69, 9.17) is 4.74 Å². The third-order valence-electron chi connectivity index (χ3n) is 4.65. The smallest absolute Gasteiger partial charge is 0.227 e. The second kappa shape index (κ2) is 6.48. The van der Waals surface area contributed by atoms with Crippen LogP contribution >= 0.6 is 0 Å². The summed E-state index contributed by atoms with van der Waals surface area (Å²) in [5.41, 5.74) is 0.860. The second-order valence-electron chi connectivity index (χ2n) is 6.06. The Balaban J connectivity index is 1.62. The Kier molecular flexibility index (Phi) is 4.43. The van der Waals surface area contributed by atoms with E-state index >= 15 is 0 Å². The summed E-state index contributed by atoms with van der Waals surface area (Å²) in [5, 5.41) is 3.07. The molecule has 22 heavy (non-hydrogen) atoms. The molecule has 1 saturated heterocycles. The molecule has 1 aromatic rings. The van der Waals surface area contributed by atoms with Crippen molar-refractivity contribution in [1.29, 1.82) is 0 Å². The number of methoxy groups -OCH3 is 1. The van der Waals surface area contributed by atoms with Crippen molar-refractivity contribution in [1.82, 2.24) is 5.32 Å². The highest BCUT2D eigenvalue weighted by Gasteiger charge is 2.37. The second-order valence-corrected chi connectivity index (χ2v) is 6.06. The van der Waals surface area contributed by atoms with Crippen LogP contribution in [0.3, 0.4) is 0 Å². The van der Waals surface area contributed by atoms with Crippen molar-refractivity contribution in [3.8, 4) is 0 Å². The zero-order valence-electron chi connectivity index (χ0n) is 12.8. The van der Waals surface area contributed by atoms with Crippen molar-refractivity contribution in [3.63, 3.8) is 0 Å². The van der Waals surface area contributed by atoms with Crippen LogP contribution in [0.4, 0.5) is 5.69 Å². The first-order valence-corrected chi connectivity index (χ1v) is 7.87. The number of carbonyl (C=O) groups excluding carboxylic acids is 2. The van der Waals surface area contributed by atoms with Gasteiger partial charge >= 0.3 is 0 Å². The van der Waals surface area contributed by atoms with Crippen LogP contribution in [0.2, 0.25) is 0 Å². The van der Waals surface area contributed by atoms with Gasteiger partial charge in [-0.05, 0) is 31.4 Å². The molecular weight excluding hydrogens is 280 g/mol. The van der Waals surface area contributed by atoms with Crippen LogP contribution in [0.1, 0.15) is 25.7 Å². The standard InChI is InChI=1S/C17H22N2O3/c1-22-15-9-5-8-14(15)18-17(21)12-10-16(20)19(11-12)13-6-3-2-4-7-13/h2-4,6-7,12,14-15H,5,8-11H2,1H3,(H,18,21)/t12-,14+,15-/m1/s1. The van der Waals surface area contributed by atoms with E-state index < -0.39 is 0 Å². The molecular formula is C17H22N2O3. The number of hydrogen-bond acceptors (Lipinski definition) is 3. The highest BCUT2D eigenvalue weighted by atomic mass is 16.5. The zero-order valence-corrected chi connectivity index (χ0v) is 12.8. The lowest BCUT2D eigenvalue weighted by Crippen LogP contribution is -2.44. The summed E-state index contributed by atoms with van der Waals surface area (Å²) in [6.07, 6.45) is 3.40. The largest absolute Gasteiger partial charge is 0.379 e. The number of amides is 2. The van der Waals surface area contributed by atoms with E-state index in [2.05, 4.69) is 5.32 Å². The third kappa shape index (κ3) is 2.99. The molecule has 1 saturated carbocycles. The maximum atomic E-state index is 12.4. The first kappa shape index (κ1) is 15.0. The Bertz CT molecular complexity index is 546. The van der Waals surface area contributed by atoms with Gasteiger partial charge in [0.05, 0.1) is 18.1 Å². The van der Waals surface area contributed by atoms with Gasteiger partial charge < -0.3 is 15.0 Å². The van der Waals surface area contributed by atoms with Gasteiger partial charge in [-0.25, -0.2) is 0 Å². The van der Waals surface area contributed by atoms with E-state index in [1.807, 2.05) is 30.3 Å². The van der Waals surface area contributed by atoms with Crippen molar-refractivity contribution in [2.75, 3.05) is 18.6 Å². The van der Waals surface area contributed by atoms with Gasteiger partial charge in [-0.2, -0.15) is 0 Å². The fourth-order valence-corrected chi connectivity index (χ4v) is 3.41. The number of benzene rings is 1. The normalized spacial score (nSPS) is 28.1. The molecule has 1 aromatic carbocycles. The van der Waals surface area contributed by atoms with Crippen LogP contribution < -0.4 is 10.2 Å². The lowest BCUT2D eigenvalue weighted by molar-refractivity contribution is -0.127. The number of carbonyl (C=O) groups is 2. The first-order valence-electron chi connectivity index (χ1n) is 7.87. The lowest BCUT2D eigenvalue weighted by atomic mass is 10.1. The molecule has 0 aromatic heterocycles. The monoisotopic (exact) mass is 302 g/mol. The Morgan fingerprint density at radius 1 is 1.27 bits per heavy atom. The minimum atomic E-state index is -0.272. The van der Waals surface area contributed by atoms with E-state index in [0.717, 1.165) is 24.9 Å². The number of nitrogens with zero attached hydrogens (tertiary/aromatic N) is 1. The van der Waals surface area contributed by atoms with E-state index in [-0.39, 0.29) is 36.3 Å². The Morgan fingerprint density at radius 2 is 2.05 bits per heavy atom. The van der Waals surface area contributed by atoms with Gasteiger partial charge in [0.2, 0.25) is 11.8 Å². The molecule has 3 rings (SSSR count). The van der Waals surface area contributed by atoms with Gasteiger partial charge in [0.1, 0.15) is 0 Å². The van der Waals surface area contributed by atoms with Gasteiger partial charge in [0.25, 0.3) is 0 Å². The summed E-state index contributed by atoms with van der Waals surface area (Å²) in [6.45, 7) is 0.457. The maximum Gasteiger partial charge on any atom is 0.227 e. The minimum absolute atomic E-state index is 0.0149. The van der Waals surface area contributed by atoms with Crippen LogP contribution in [0.25, 0.3) is 0 Å². The third-order valence-corrected chi connectivity index (χ3v) is 4.65. The lowest BCUT2D eigenvalue weighted by Gasteiger charge is -2.21. The predicted octanol–water partition coefficient (Wildman–Crippen LogP) is 1.72. The van der Waals surface area contributed by atoms with Crippen LogP contribution in [-0.2, 0) is 14.3 Å². The van der Waals surface area contributed by atoms with Gasteiger partial charge in [0.15, 0.2) is 0 Å². The Morgan fingerprint density at radius 3 is 2.77 bits per heavy atom. The molecule has 5 nitrogen and oxygen atoms in total. The van der Waals surface area contributed by atoms with E-state index in [1.54, 1.807) is 12.0 Å². The molecule has 1 N–H and O–H groups in total. The summed E-state index contributed by atoms with van der Waals surface area (Å²) in [5.74, 6) is -0.285. The summed E-state index contributed by atoms with van der Waals surface area (Å²) < 4.78 is 5.41. The van der Waals surface area contributed by atoms with Gasteiger partial charge in [-0.15, -0.1) is 0 Å². The van der Waals surface area contributed by atoms with Crippen molar-refractivity contribution < 1.29 is 14.3 Å². The molecule has 0 unspecified atom stereocenters. The molecule has 2 amide bonds. The van der Waals surface area contributed by atoms with Crippen molar-refractivity contribution >= 4 is 17.5 Å². The minimum Gasteiger partial charge on any atom is -0.379 e. The molecule has 118 valence electrons. The molecule has 1 aliphatic heterocycles. The Labute approximate surface area is 130 Å². The van der Waals surface area contributed by atoms with Crippen molar-refractivity contribution in [2.45, 2.75) is 37.8 Å². The first-order chi connectivity index (χ1) is 10.7. The van der Waals surface area contributed by atoms with Crippen LogP contribution in [0.15, 0.2) is 30.3 Å². The molecule has 1 heterocycles. The van der Waals surface area contributed by atoms with Crippen LogP contribution in [0.5, 0.6) is 0 Å². The van der Waals surface area contributed by atoms with E-state index in [0.29, 0.717) is 6.54 Å². The SMILES string of the molecule is CO[C@@H]1CCC[C@@H]1NC(=O)[C@@H]1CC(=O)N(c2ccccc2)C1. The van der Waals surface area contributed by atoms with E-state index in [1.165, 1.54) is 0 Å². The molecule has 0 spiro atoms. The van der Waals surface area contributed by atoms with Gasteiger partial charge in [0, 0.05) is 25.8 Å². The number of hydrogen-bond donors (Lipinski definition) is 1. The summed E-state index contributed by atoms with van der Waals surface area (Å²) in [6, 6.07) is 9.60. The predicted molar refractivity (Wildman–Crippen MR) is 83.5 cm³/mol. The van der Waals surface area contributed by atoms with Crippen molar-refractivity contribution in [2.24, 2.45) is 5.92 Å². The number of rotatable bonds is 4. The summed E-state index contributed by atoms with van der Waals surface area (Å²) in [4.78, 5) is 26.3. The number of ether oxygens (including phenoxy) is 1. The molecule has 3 atom stereocenters. The summed E-state index contributed by atoms with van der Waals surface area (Å²) in [7, 11) is 1.69. The number of nitrogens with one attached hydrogen (secondary N) is 1. The van der Waals surface area contributed by atoms with Crippen molar-refractivity contribution in [3.05, 3.63) is 30.3 Å². The molecule has 2 fully saturated rings. The summed E-state index contributed by atoms with van der Waals surface area (Å²) >= 11 is 0. The van der Waals surface area contributed by atoms with Gasteiger partial charge in [-0.3, -0.25) is 9.59 Å². The van der Waals surface area contributed by atoms with Crippen LogP contribution in [-0.4, -0.2) is 37.6 Å². The zero-order chi connectivity index (χ0) is 15.5. The fraction of sp³-hybridized carbons (Fsp3) is 0.529. The van der Waals surface area contributed by atoms with Crippen LogP contribution in [0, 0.1) is 5.92 Å². The molecule has 0 radical (unpaired) electrons. The average molecular weight is 302 g/mol. The molecule has 5 heteroatoms. The molecule has 0 bridgehead atoms. The topological polar surface area (TPSA) is 58.6 Å². The highest BCUT2D eigenvalue weighted by Crippen LogP contribution is 2.26. The average Bonchev–Trinajstić information content (AvgIpc) is 3.14. The molecule has 2 aliphatic rings. The van der Waals surface area contributed by atoms with E-state index in [9.17, 15) is 9.59 Å². The highest BCUT2D eigenvalue weighted by molar-refractivity contribution is 6.00. The number of para-hydroxylation sites is 1. The molecule has 1 aliphatic carbocycles. The Hall–Kier alpha value is -1.88. The van der Waals surface area contributed by atoms with Gasteiger partial charge in [-0.1, -0.05) is 18.2 Å².